The summed E-state index contributed by atoms with van der Waals surface area (Å²) in [6.07, 6.45) is -6.27. The van der Waals surface area contributed by atoms with Gasteiger partial charge in [0.2, 0.25) is 0 Å². The molecular formula is C8H15F3O. The molecule has 0 aliphatic carbocycles. The van der Waals surface area contributed by atoms with Gasteiger partial charge in [-0.25, -0.2) is 0 Å². The molecule has 1 nitrogen and oxygen atoms in total. The summed E-state index contributed by atoms with van der Waals surface area (Å²) < 4.78 is 35.6. The molecule has 0 aliphatic rings. The van der Waals surface area contributed by atoms with Gasteiger partial charge >= 0.3 is 6.18 Å². The molecule has 0 aliphatic heterocycles. The average Bonchev–Trinajstić information content (AvgIpc) is 1.85. The largest absolute Gasteiger partial charge is 0.414 e. The van der Waals surface area contributed by atoms with Gasteiger partial charge in [0.15, 0.2) is 0 Å². The fourth-order valence-corrected chi connectivity index (χ4v) is 0.783. The quantitative estimate of drug-likeness (QED) is 0.715. The first kappa shape index (κ1) is 11.8. The van der Waals surface area contributed by atoms with Crippen molar-refractivity contribution in [1.29, 1.82) is 0 Å². The van der Waals surface area contributed by atoms with Gasteiger partial charge in [-0.3, -0.25) is 0 Å². The van der Waals surface area contributed by atoms with E-state index in [1.807, 2.05) is 6.92 Å². The highest BCUT2D eigenvalue weighted by atomic mass is 19.4. The van der Waals surface area contributed by atoms with Crippen LogP contribution in [0.5, 0.6) is 0 Å². The van der Waals surface area contributed by atoms with Gasteiger partial charge in [0.05, 0.1) is 0 Å². The number of aliphatic hydroxyl groups is 1. The van der Waals surface area contributed by atoms with Gasteiger partial charge < -0.3 is 5.11 Å². The van der Waals surface area contributed by atoms with Crippen LogP contribution < -0.4 is 0 Å². The average molecular weight is 184 g/mol. The van der Waals surface area contributed by atoms with Crippen LogP contribution in [0.2, 0.25) is 0 Å². The van der Waals surface area contributed by atoms with E-state index in [4.69, 9.17) is 5.11 Å². The molecule has 0 unspecified atom stereocenters. The normalized spacial score (nSPS) is 16.2. The van der Waals surface area contributed by atoms with E-state index in [1.165, 1.54) is 0 Å². The number of hydrogen-bond donors (Lipinski definition) is 1. The Morgan fingerprint density at radius 1 is 1.25 bits per heavy atom. The predicted octanol–water partition coefficient (Wildman–Crippen LogP) is 2.74. The van der Waals surface area contributed by atoms with E-state index in [0.29, 0.717) is 6.42 Å². The highest BCUT2D eigenvalue weighted by molar-refractivity contribution is 4.75. The summed E-state index contributed by atoms with van der Waals surface area (Å²) in [5.41, 5.74) is -0.449. The summed E-state index contributed by atoms with van der Waals surface area (Å²) >= 11 is 0. The van der Waals surface area contributed by atoms with E-state index in [9.17, 15) is 13.2 Å². The Labute approximate surface area is 70.6 Å². The predicted molar refractivity (Wildman–Crippen MR) is 40.8 cm³/mol. The maximum Gasteiger partial charge on any atom is 0.414 e. The van der Waals surface area contributed by atoms with Crippen molar-refractivity contribution in [2.45, 2.75) is 45.9 Å². The molecule has 0 heterocycles. The van der Waals surface area contributed by atoms with Crippen molar-refractivity contribution < 1.29 is 18.3 Å². The van der Waals surface area contributed by atoms with Crippen molar-refractivity contribution in [3.63, 3.8) is 0 Å². The second kappa shape index (κ2) is 3.64. The molecule has 4 heteroatoms. The van der Waals surface area contributed by atoms with Crippen LogP contribution in [0.4, 0.5) is 13.2 Å². The van der Waals surface area contributed by atoms with E-state index in [0.717, 1.165) is 0 Å². The summed E-state index contributed by atoms with van der Waals surface area (Å²) in [6.45, 7) is 5.23. The summed E-state index contributed by atoms with van der Waals surface area (Å²) in [7, 11) is 0. The summed E-state index contributed by atoms with van der Waals surface area (Å²) in [5, 5.41) is 8.73. The first-order valence-electron chi connectivity index (χ1n) is 3.94. The molecule has 1 atom stereocenters. The minimum absolute atomic E-state index is 0.229. The van der Waals surface area contributed by atoms with Crippen molar-refractivity contribution in [3.05, 3.63) is 0 Å². The minimum Gasteiger partial charge on any atom is -0.384 e. The molecule has 0 amide bonds. The summed E-state index contributed by atoms with van der Waals surface area (Å²) in [6, 6.07) is 0. The molecule has 0 bridgehead atoms. The highest BCUT2D eigenvalue weighted by Crippen LogP contribution is 2.32. The fourth-order valence-electron chi connectivity index (χ4n) is 0.783. The topological polar surface area (TPSA) is 20.2 Å². The number of alkyl halides is 3. The molecule has 0 spiro atoms. The first-order chi connectivity index (χ1) is 5.19. The molecule has 12 heavy (non-hydrogen) atoms. The van der Waals surface area contributed by atoms with Crippen molar-refractivity contribution in [2.75, 3.05) is 0 Å². The molecule has 0 radical (unpaired) electrons. The molecule has 1 N–H and O–H groups in total. The Balaban J connectivity index is 4.09. The van der Waals surface area contributed by atoms with Crippen LogP contribution in [0.25, 0.3) is 0 Å². The minimum atomic E-state index is -4.48. The molecule has 0 aromatic rings. The van der Waals surface area contributed by atoms with Crippen LogP contribution in [0.15, 0.2) is 0 Å². The molecule has 0 fully saturated rings. The van der Waals surface area contributed by atoms with Crippen LogP contribution in [0.3, 0.4) is 0 Å². The summed E-state index contributed by atoms with van der Waals surface area (Å²) in [4.78, 5) is 0. The zero-order valence-corrected chi connectivity index (χ0v) is 7.57. The third-order valence-electron chi connectivity index (χ3n) is 2.08. The molecule has 0 aromatic carbocycles. The van der Waals surface area contributed by atoms with Crippen molar-refractivity contribution in [3.8, 4) is 0 Å². The monoisotopic (exact) mass is 184 g/mol. The van der Waals surface area contributed by atoms with Crippen molar-refractivity contribution in [2.24, 2.45) is 5.41 Å². The lowest BCUT2D eigenvalue weighted by Crippen LogP contribution is -2.33. The standard InChI is InChI=1S/C8H15F3O/c1-4-7(2,3)5-6(12)8(9,10)11/h6,12H,4-5H2,1-3H3/t6-/m0/s1. The van der Waals surface area contributed by atoms with E-state index >= 15 is 0 Å². The van der Waals surface area contributed by atoms with Gasteiger partial charge in [-0.15, -0.1) is 0 Å². The van der Waals surface area contributed by atoms with Crippen LogP contribution in [-0.2, 0) is 0 Å². The summed E-state index contributed by atoms with van der Waals surface area (Å²) in [5.74, 6) is 0. The van der Waals surface area contributed by atoms with Gasteiger partial charge in [-0.2, -0.15) is 13.2 Å². The molecule has 0 saturated heterocycles. The Morgan fingerprint density at radius 3 is 1.92 bits per heavy atom. The fraction of sp³-hybridized carbons (Fsp3) is 1.00. The van der Waals surface area contributed by atoms with Crippen LogP contribution in [-0.4, -0.2) is 17.4 Å². The van der Waals surface area contributed by atoms with E-state index in [-0.39, 0.29) is 6.42 Å². The lowest BCUT2D eigenvalue weighted by atomic mass is 9.84. The molecule has 0 aromatic heterocycles. The van der Waals surface area contributed by atoms with Crippen molar-refractivity contribution >= 4 is 0 Å². The second-order valence-electron chi connectivity index (χ2n) is 3.78. The first-order valence-corrected chi connectivity index (χ1v) is 3.94. The van der Waals surface area contributed by atoms with E-state index < -0.39 is 17.7 Å². The molecule has 74 valence electrons. The van der Waals surface area contributed by atoms with Crippen LogP contribution in [0, 0.1) is 5.41 Å². The Bertz CT molecular complexity index is 140. The van der Waals surface area contributed by atoms with E-state index in [2.05, 4.69) is 0 Å². The number of rotatable bonds is 3. The number of halogens is 3. The smallest absolute Gasteiger partial charge is 0.384 e. The van der Waals surface area contributed by atoms with Gasteiger partial charge in [0.25, 0.3) is 0 Å². The maximum atomic E-state index is 11.9. The van der Waals surface area contributed by atoms with Gasteiger partial charge in [0, 0.05) is 0 Å². The molecule has 0 saturated carbocycles. The maximum absolute atomic E-state index is 11.9. The lowest BCUT2D eigenvalue weighted by Gasteiger charge is -2.26. The van der Waals surface area contributed by atoms with Crippen LogP contribution in [0.1, 0.15) is 33.6 Å². The SMILES string of the molecule is CCC(C)(C)C[C@H](O)C(F)(F)F. The molecule has 0 rings (SSSR count). The third kappa shape index (κ3) is 3.95. The number of aliphatic hydroxyl groups excluding tert-OH is 1. The van der Waals surface area contributed by atoms with Gasteiger partial charge in [-0.1, -0.05) is 27.2 Å². The Hall–Kier alpha value is -0.250. The lowest BCUT2D eigenvalue weighted by molar-refractivity contribution is -0.211. The highest BCUT2D eigenvalue weighted by Gasteiger charge is 2.40. The van der Waals surface area contributed by atoms with E-state index in [1.54, 1.807) is 13.8 Å². The Morgan fingerprint density at radius 2 is 1.67 bits per heavy atom. The van der Waals surface area contributed by atoms with Gasteiger partial charge in [0.1, 0.15) is 6.10 Å². The molecular weight excluding hydrogens is 169 g/mol. The Kier molecular flexibility index (Phi) is 3.57. The van der Waals surface area contributed by atoms with Gasteiger partial charge in [-0.05, 0) is 11.8 Å². The zero-order chi connectivity index (χ0) is 9.99. The van der Waals surface area contributed by atoms with Crippen molar-refractivity contribution in [1.82, 2.24) is 0 Å². The second-order valence-corrected chi connectivity index (χ2v) is 3.78. The third-order valence-corrected chi connectivity index (χ3v) is 2.08. The van der Waals surface area contributed by atoms with Crippen LogP contribution >= 0.6 is 0 Å². The number of hydrogen-bond acceptors (Lipinski definition) is 1. The zero-order valence-electron chi connectivity index (χ0n) is 7.57.